The summed E-state index contributed by atoms with van der Waals surface area (Å²) >= 11 is 0. The molecule has 3 rings (SSSR count). The first kappa shape index (κ1) is 24.7. The normalized spacial score (nSPS) is 10.9. The fourth-order valence-electron chi connectivity index (χ4n) is 3.96. The maximum absolute atomic E-state index is 12.7. The lowest BCUT2D eigenvalue weighted by molar-refractivity contribution is -0.386. The minimum absolute atomic E-state index is 0.133. The van der Waals surface area contributed by atoms with Gasteiger partial charge in [-0.25, -0.2) is 0 Å². The van der Waals surface area contributed by atoms with Gasteiger partial charge < -0.3 is 14.0 Å². The minimum atomic E-state index is -0.692. The van der Waals surface area contributed by atoms with Crippen LogP contribution in [0.3, 0.4) is 0 Å². The largest absolute Gasteiger partial charge is 0.497 e. The zero-order valence-corrected chi connectivity index (χ0v) is 20.0. The Bertz CT molecular complexity index is 1220. The van der Waals surface area contributed by atoms with Crippen molar-refractivity contribution in [1.82, 2.24) is 14.3 Å². The van der Waals surface area contributed by atoms with Gasteiger partial charge in [0.1, 0.15) is 23.7 Å². The van der Waals surface area contributed by atoms with Crippen LogP contribution < -0.4 is 4.74 Å². The van der Waals surface area contributed by atoms with E-state index in [0.717, 1.165) is 29.1 Å². The van der Waals surface area contributed by atoms with Gasteiger partial charge in [-0.15, -0.1) is 0 Å². The number of rotatable bonds is 10. The minimum Gasteiger partial charge on any atom is -0.497 e. The third kappa shape index (κ3) is 5.33. The maximum atomic E-state index is 12.7. The lowest BCUT2D eigenvalue weighted by atomic mass is 10.1. The molecule has 180 valence electrons. The average Bonchev–Trinajstić information content (AvgIpc) is 3.24. The number of carbonyl (C=O) groups excluding carboxylic acids is 2. The molecule has 34 heavy (non-hydrogen) atoms. The van der Waals surface area contributed by atoms with Gasteiger partial charge in [0, 0.05) is 23.5 Å². The van der Waals surface area contributed by atoms with E-state index in [1.165, 1.54) is 18.5 Å². The highest BCUT2D eigenvalue weighted by Gasteiger charge is 2.24. The van der Waals surface area contributed by atoms with Gasteiger partial charge in [0.2, 0.25) is 5.78 Å². The molecule has 0 N–H and O–H groups in total. The molecule has 0 unspecified atom stereocenters. The van der Waals surface area contributed by atoms with E-state index >= 15 is 0 Å². The Kier molecular flexibility index (Phi) is 7.50. The van der Waals surface area contributed by atoms with Crippen LogP contribution in [0.25, 0.3) is 0 Å². The summed E-state index contributed by atoms with van der Waals surface area (Å²) in [7, 11) is 1.63. The van der Waals surface area contributed by atoms with Gasteiger partial charge in [0.25, 0.3) is 0 Å². The second kappa shape index (κ2) is 10.3. The molecule has 0 atom stereocenters. The Morgan fingerprint density at radius 2 is 1.76 bits per heavy atom. The summed E-state index contributed by atoms with van der Waals surface area (Å²) in [5.41, 5.74) is 3.74. The van der Waals surface area contributed by atoms with E-state index in [0.29, 0.717) is 12.1 Å². The number of nitrogens with zero attached hydrogens (tertiary/aromatic N) is 4. The highest BCUT2D eigenvalue weighted by Crippen LogP contribution is 2.22. The summed E-state index contributed by atoms with van der Waals surface area (Å²) in [5, 5.41) is 15.1. The van der Waals surface area contributed by atoms with Crippen LogP contribution in [0.1, 0.15) is 38.7 Å². The standard InChI is InChI=1S/C24H28N4O6/c1-15-12-21(17(3)26(15)11-10-19-6-8-20(33-5)9-7-19)22(29)14-34-23(30)13-27-18(4)24(28(31)32)16(2)25-27/h6-9,12H,10-11,13-14H2,1-5H3. The van der Waals surface area contributed by atoms with Crippen molar-refractivity contribution in [3.8, 4) is 5.75 Å². The molecule has 0 aliphatic carbocycles. The van der Waals surface area contributed by atoms with E-state index in [9.17, 15) is 19.7 Å². The highest BCUT2D eigenvalue weighted by atomic mass is 16.6. The quantitative estimate of drug-likeness (QED) is 0.193. The van der Waals surface area contributed by atoms with Crippen molar-refractivity contribution >= 4 is 17.4 Å². The molecule has 0 aliphatic rings. The second-order valence-electron chi connectivity index (χ2n) is 8.05. The molecule has 0 saturated carbocycles. The molecule has 10 nitrogen and oxygen atoms in total. The van der Waals surface area contributed by atoms with E-state index in [-0.39, 0.29) is 29.4 Å². The molecular weight excluding hydrogens is 440 g/mol. The maximum Gasteiger partial charge on any atom is 0.328 e. The van der Waals surface area contributed by atoms with Gasteiger partial charge in [-0.1, -0.05) is 12.1 Å². The summed E-state index contributed by atoms with van der Waals surface area (Å²) in [6, 6.07) is 9.65. The van der Waals surface area contributed by atoms with E-state index in [1.54, 1.807) is 13.2 Å². The number of aromatic nitrogens is 3. The lowest BCUT2D eigenvalue weighted by Crippen LogP contribution is -2.20. The topological polar surface area (TPSA) is 118 Å². The third-order valence-electron chi connectivity index (χ3n) is 5.83. The number of hydrogen-bond donors (Lipinski definition) is 0. The summed E-state index contributed by atoms with van der Waals surface area (Å²) in [4.78, 5) is 35.5. The number of methoxy groups -OCH3 is 1. The summed E-state index contributed by atoms with van der Waals surface area (Å²) < 4.78 is 13.6. The van der Waals surface area contributed by atoms with Gasteiger partial charge in [0.05, 0.1) is 12.0 Å². The number of hydrogen-bond acceptors (Lipinski definition) is 7. The van der Waals surface area contributed by atoms with Crippen molar-refractivity contribution in [2.45, 2.75) is 47.2 Å². The number of aryl methyl sites for hydroxylation is 3. The monoisotopic (exact) mass is 468 g/mol. The van der Waals surface area contributed by atoms with Gasteiger partial charge >= 0.3 is 11.7 Å². The summed E-state index contributed by atoms with van der Waals surface area (Å²) in [6.45, 7) is 6.79. The Labute approximate surface area is 197 Å². The van der Waals surface area contributed by atoms with Crippen LogP contribution in [0, 0.1) is 37.8 Å². The van der Waals surface area contributed by atoms with Gasteiger partial charge in [0.15, 0.2) is 6.61 Å². The van der Waals surface area contributed by atoms with Gasteiger partial charge in [-0.2, -0.15) is 5.10 Å². The Morgan fingerprint density at radius 3 is 2.35 bits per heavy atom. The van der Waals surface area contributed by atoms with E-state index in [2.05, 4.69) is 9.67 Å². The second-order valence-corrected chi connectivity index (χ2v) is 8.05. The predicted molar refractivity (Wildman–Crippen MR) is 124 cm³/mol. The molecule has 0 radical (unpaired) electrons. The molecule has 10 heteroatoms. The number of ether oxygens (including phenoxy) is 2. The SMILES string of the molecule is COc1ccc(CCn2c(C)cc(C(=O)COC(=O)Cn3nc(C)c([N+](=O)[O-])c3C)c2C)cc1. The molecule has 1 aromatic carbocycles. The fraction of sp³-hybridized carbons (Fsp3) is 0.375. The Balaban J connectivity index is 1.60. The molecule has 0 bridgehead atoms. The summed E-state index contributed by atoms with van der Waals surface area (Å²) in [6.07, 6.45) is 0.789. The fourth-order valence-corrected chi connectivity index (χ4v) is 3.96. The molecular formula is C24H28N4O6. The van der Waals surface area contributed by atoms with E-state index in [4.69, 9.17) is 9.47 Å². The van der Waals surface area contributed by atoms with Crippen molar-refractivity contribution in [3.05, 3.63) is 74.3 Å². The number of nitro groups is 1. The van der Waals surface area contributed by atoms with Crippen molar-refractivity contribution < 1.29 is 24.0 Å². The summed E-state index contributed by atoms with van der Waals surface area (Å²) in [5.74, 6) is -0.200. The van der Waals surface area contributed by atoms with Gasteiger partial charge in [-0.3, -0.25) is 24.4 Å². The molecule has 0 aliphatic heterocycles. The lowest BCUT2D eigenvalue weighted by Gasteiger charge is -2.10. The van der Waals surface area contributed by atoms with Crippen LogP contribution >= 0.6 is 0 Å². The average molecular weight is 469 g/mol. The first-order chi connectivity index (χ1) is 16.1. The van der Waals surface area contributed by atoms with Crippen LogP contribution in [0.2, 0.25) is 0 Å². The van der Waals surface area contributed by atoms with Crippen LogP contribution in [0.5, 0.6) is 5.75 Å². The van der Waals surface area contributed by atoms with Crippen molar-refractivity contribution in [3.63, 3.8) is 0 Å². The first-order valence-electron chi connectivity index (χ1n) is 10.8. The number of carbonyl (C=O) groups is 2. The Hall–Kier alpha value is -3.95. The number of ketones is 1. The van der Waals surface area contributed by atoms with E-state index in [1.807, 2.05) is 38.1 Å². The molecule has 2 aromatic heterocycles. The number of esters is 1. The van der Waals surface area contributed by atoms with Crippen LogP contribution in [0.4, 0.5) is 5.69 Å². The van der Waals surface area contributed by atoms with Crippen LogP contribution in [-0.2, 0) is 29.0 Å². The molecule has 2 heterocycles. The van der Waals surface area contributed by atoms with Crippen LogP contribution in [-0.4, -0.2) is 44.7 Å². The van der Waals surface area contributed by atoms with E-state index < -0.39 is 17.5 Å². The molecule has 0 spiro atoms. The number of benzene rings is 1. The van der Waals surface area contributed by atoms with Crippen molar-refractivity contribution in [2.24, 2.45) is 0 Å². The molecule has 0 saturated heterocycles. The zero-order chi connectivity index (χ0) is 25.0. The third-order valence-corrected chi connectivity index (χ3v) is 5.83. The molecule has 0 fully saturated rings. The van der Waals surface area contributed by atoms with Crippen LogP contribution in [0.15, 0.2) is 30.3 Å². The number of Topliss-reactive ketones (excluding diaryl/α,β-unsaturated/α-hetero) is 1. The molecule has 3 aromatic rings. The Morgan fingerprint density at radius 1 is 1.09 bits per heavy atom. The predicted octanol–water partition coefficient (Wildman–Crippen LogP) is 3.50. The highest BCUT2D eigenvalue weighted by molar-refractivity contribution is 5.99. The first-order valence-corrected chi connectivity index (χ1v) is 10.8. The van der Waals surface area contributed by atoms with Crippen molar-refractivity contribution in [1.29, 1.82) is 0 Å². The van der Waals surface area contributed by atoms with Gasteiger partial charge in [-0.05, 0) is 57.9 Å². The smallest absolute Gasteiger partial charge is 0.328 e. The molecule has 0 amide bonds. The van der Waals surface area contributed by atoms with Crippen molar-refractivity contribution in [2.75, 3.05) is 13.7 Å². The zero-order valence-electron chi connectivity index (χ0n) is 20.0.